The van der Waals surface area contributed by atoms with Crippen LogP contribution in [0.25, 0.3) is 0 Å². The van der Waals surface area contributed by atoms with Crippen molar-refractivity contribution < 1.29 is 9.53 Å². The fourth-order valence-corrected chi connectivity index (χ4v) is 4.11. The van der Waals surface area contributed by atoms with Gasteiger partial charge < -0.3 is 15.8 Å². The van der Waals surface area contributed by atoms with E-state index in [1.165, 1.54) is 0 Å². The van der Waals surface area contributed by atoms with Crippen molar-refractivity contribution in [1.29, 1.82) is 5.26 Å². The number of hydrogen-bond donors (Lipinski definition) is 2. The predicted molar refractivity (Wildman–Crippen MR) is 156 cm³/mol. The Kier molecular flexibility index (Phi) is 13.9. The molecule has 0 fully saturated rings. The highest BCUT2D eigenvalue weighted by molar-refractivity contribution is 9.11. The lowest BCUT2D eigenvalue weighted by atomic mass is 10.2. The zero-order valence-electron chi connectivity index (χ0n) is 21.7. The minimum absolute atomic E-state index is 0.392. The summed E-state index contributed by atoms with van der Waals surface area (Å²) in [4.78, 5) is 23.9. The van der Waals surface area contributed by atoms with Crippen molar-refractivity contribution in [2.24, 2.45) is 5.73 Å². The summed E-state index contributed by atoms with van der Waals surface area (Å²) in [5.41, 5.74) is 10.3. The molecule has 8 nitrogen and oxygen atoms in total. The Morgan fingerprint density at radius 2 is 1.35 bits per heavy atom. The van der Waals surface area contributed by atoms with E-state index in [1.807, 2.05) is 77.9 Å². The predicted octanol–water partition coefficient (Wildman–Crippen LogP) is 6.81. The first-order chi connectivity index (χ1) is 17.2. The number of alkyl carbamates (subject to hydrolysis) is 1. The third kappa shape index (κ3) is 13.1. The van der Waals surface area contributed by atoms with Crippen LogP contribution in [0.15, 0.2) is 50.2 Å². The van der Waals surface area contributed by atoms with Crippen molar-refractivity contribution in [3.05, 3.63) is 84.0 Å². The smallest absolute Gasteiger partial charge is 0.407 e. The quantitative estimate of drug-likeness (QED) is 0.288. The highest BCUT2D eigenvalue weighted by Gasteiger charge is 2.16. The summed E-state index contributed by atoms with van der Waals surface area (Å²) in [6.07, 6.45) is -0.426. The second kappa shape index (κ2) is 15.8. The zero-order valence-corrected chi connectivity index (χ0v) is 26.5. The maximum Gasteiger partial charge on any atom is 0.407 e. The third-order valence-electron chi connectivity index (χ3n) is 4.28. The Morgan fingerprint density at radius 3 is 1.76 bits per heavy atom. The lowest BCUT2D eigenvalue weighted by molar-refractivity contribution is 0.0523. The molecule has 0 radical (unpaired) electrons. The molecule has 37 heavy (non-hydrogen) atoms. The van der Waals surface area contributed by atoms with Crippen LogP contribution in [0.3, 0.4) is 0 Å². The molecule has 0 aliphatic rings. The normalized spacial score (nSPS) is 10.2. The maximum atomic E-state index is 11.4. The molecule has 3 aromatic heterocycles. The first-order valence-corrected chi connectivity index (χ1v) is 13.6. The number of nitriles is 1. The van der Waals surface area contributed by atoms with Gasteiger partial charge in [-0.2, -0.15) is 5.26 Å². The van der Waals surface area contributed by atoms with E-state index in [1.54, 1.807) is 6.07 Å². The number of carbonyl (C=O) groups is 1. The Morgan fingerprint density at radius 1 is 0.892 bits per heavy atom. The van der Waals surface area contributed by atoms with Crippen LogP contribution in [0.2, 0.25) is 0 Å². The van der Waals surface area contributed by atoms with Crippen LogP contribution in [0.5, 0.6) is 0 Å². The number of nitrogens with zero attached hydrogens (tertiary/aromatic N) is 4. The molecule has 3 N–H and O–H groups in total. The van der Waals surface area contributed by atoms with Gasteiger partial charge in [-0.3, -0.25) is 0 Å². The fourth-order valence-electron chi connectivity index (χ4n) is 2.48. The summed E-state index contributed by atoms with van der Waals surface area (Å²) in [5.74, 6) is 0. The number of aryl methyl sites for hydroxylation is 3. The maximum absolute atomic E-state index is 11.4. The molecule has 1 amide bonds. The van der Waals surface area contributed by atoms with E-state index in [0.717, 1.165) is 37.4 Å². The largest absolute Gasteiger partial charge is 0.444 e. The summed E-state index contributed by atoms with van der Waals surface area (Å²) in [5, 5.41) is 11.2. The number of halogens is 3. The molecule has 0 aliphatic heterocycles. The Labute approximate surface area is 243 Å². The summed E-state index contributed by atoms with van der Waals surface area (Å²) >= 11 is 9.85. The second-order valence-electron chi connectivity index (χ2n) is 8.77. The second-order valence-corrected chi connectivity index (χ2v) is 11.0. The first kappa shape index (κ1) is 32.6. The third-order valence-corrected chi connectivity index (χ3v) is 6.26. The monoisotopic (exact) mass is 696 g/mol. The molecular weight excluding hydrogens is 668 g/mol. The Hall–Kier alpha value is -2.39. The summed E-state index contributed by atoms with van der Waals surface area (Å²) < 4.78 is 7.36. The van der Waals surface area contributed by atoms with Crippen LogP contribution in [-0.2, 0) is 17.8 Å². The average Bonchev–Trinajstić information content (AvgIpc) is 2.78. The van der Waals surface area contributed by atoms with Crippen molar-refractivity contribution in [3.63, 3.8) is 0 Å². The van der Waals surface area contributed by atoms with Crippen LogP contribution in [0.4, 0.5) is 4.79 Å². The zero-order chi connectivity index (χ0) is 28.2. The van der Waals surface area contributed by atoms with Crippen molar-refractivity contribution in [1.82, 2.24) is 20.3 Å². The molecule has 0 saturated carbocycles. The van der Waals surface area contributed by atoms with E-state index < -0.39 is 11.7 Å². The van der Waals surface area contributed by atoms with Crippen LogP contribution in [-0.4, -0.2) is 26.6 Å². The summed E-state index contributed by atoms with van der Waals surface area (Å²) in [7, 11) is 0. The molecule has 0 atom stereocenters. The van der Waals surface area contributed by atoms with Crippen LogP contribution in [0.1, 0.15) is 54.5 Å². The fraction of sp³-hybridized carbons (Fsp3) is 0.346. The molecule has 11 heteroatoms. The Balaban J connectivity index is 0.000000294. The minimum Gasteiger partial charge on any atom is -0.444 e. The minimum atomic E-state index is -0.479. The van der Waals surface area contributed by atoms with E-state index in [-0.39, 0.29) is 0 Å². The van der Waals surface area contributed by atoms with E-state index in [9.17, 15) is 4.79 Å². The van der Waals surface area contributed by atoms with Gasteiger partial charge in [0, 0.05) is 35.7 Å². The molecule has 198 valence electrons. The van der Waals surface area contributed by atoms with Crippen molar-refractivity contribution in [3.8, 4) is 6.07 Å². The molecule has 0 aliphatic carbocycles. The lowest BCUT2D eigenvalue weighted by Crippen LogP contribution is -2.32. The molecule has 3 rings (SSSR count). The van der Waals surface area contributed by atoms with Gasteiger partial charge in [-0.15, -0.1) is 0 Å². The van der Waals surface area contributed by atoms with Crippen molar-refractivity contribution in [2.45, 2.75) is 60.2 Å². The number of nitrogens with one attached hydrogen (secondary N) is 1. The van der Waals surface area contributed by atoms with Gasteiger partial charge in [-0.05, 0) is 119 Å². The van der Waals surface area contributed by atoms with E-state index >= 15 is 0 Å². The van der Waals surface area contributed by atoms with Crippen LogP contribution < -0.4 is 11.1 Å². The molecule has 3 heterocycles. The number of carbonyl (C=O) groups excluding carboxylic acids is 1. The Bertz CT molecular complexity index is 1240. The van der Waals surface area contributed by atoms with Gasteiger partial charge in [-0.25, -0.2) is 19.7 Å². The van der Waals surface area contributed by atoms with Gasteiger partial charge in [0.1, 0.15) is 25.5 Å². The number of rotatable bonds is 3. The van der Waals surface area contributed by atoms with Gasteiger partial charge in [0.25, 0.3) is 0 Å². The molecule has 3 aromatic rings. The summed E-state index contributed by atoms with van der Waals surface area (Å²) in [6, 6.07) is 13.3. The van der Waals surface area contributed by atoms with Crippen molar-refractivity contribution in [2.75, 3.05) is 0 Å². The van der Waals surface area contributed by atoms with Gasteiger partial charge in [-0.1, -0.05) is 12.1 Å². The number of aromatic nitrogens is 3. The van der Waals surface area contributed by atoms with E-state index in [4.69, 9.17) is 15.7 Å². The molecular formula is C26H31Br3N6O2. The van der Waals surface area contributed by atoms with Crippen LogP contribution >= 0.6 is 47.8 Å². The number of amides is 1. The molecule has 0 aromatic carbocycles. The molecule has 0 spiro atoms. The summed E-state index contributed by atoms with van der Waals surface area (Å²) in [6.45, 7) is 12.2. The number of ether oxygens (including phenoxy) is 1. The first-order valence-electron chi connectivity index (χ1n) is 11.2. The highest BCUT2D eigenvalue weighted by atomic mass is 79.9. The number of hydrogen-bond acceptors (Lipinski definition) is 7. The standard InChI is InChI=1S/C12H17BrN2O2.C7H9BrN2.C7H5BrN2/c1-8-5-6-9(10(13)15-8)7-14-11(16)17-12(2,3)4;2*1-5-2-3-6(4-9)7(8)10-5/h5-6H,7H2,1-4H3,(H,14,16);2-3H,4,9H2,1H3;2-3H,1H3. The SMILES string of the molecule is Cc1ccc(C#N)c(Br)n1.Cc1ccc(CN)c(Br)n1.Cc1ccc(CNC(=O)OC(C)(C)C)c(Br)n1. The van der Waals surface area contributed by atoms with Crippen LogP contribution in [0, 0.1) is 32.1 Å². The van der Waals surface area contributed by atoms with E-state index in [0.29, 0.717) is 23.3 Å². The molecule has 0 saturated heterocycles. The number of pyridine rings is 3. The van der Waals surface area contributed by atoms with Gasteiger partial charge >= 0.3 is 6.09 Å². The average molecular weight is 699 g/mol. The van der Waals surface area contributed by atoms with E-state index in [2.05, 4.69) is 68.1 Å². The number of nitrogens with two attached hydrogens (primary N) is 1. The topological polar surface area (TPSA) is 127 Å². The van der Waals surface area contributed by atoms with Gasteiger partial charge in [0.2, 0.25) is 0 Å². The highest BCUT2D eigenvalue weighted by Crippen LogP contribution is 2.15. The van der Waals surface area contributed by atoms with Gasteiger partial charge in [0.15, 0.2) is 0 Å². The van der Waals surface area contributed by atoms with Gasteiger partial charge in [0.05, 0.1) is 5.56 Å². The lowest BCUT2D eigenvalue weighted by Gasteiger charge is -2.19. The molecule has 0 bridgehead atoms. The molecule has 0 unspecified atom stereocenters. The van der Waals surface area contributed by atoms with Crippen molar-refractivity contribution >= 4 is 53.9 Å².